The number of nitrogens with two attached hydrogens (primary N) is 1. The number of sulfonamides is 1. The molecule has 2 rings (SSSR count). The number of hydrogen-bond acceptors (Lipinski definition) is 4. The van der Waals surface area contributed by atoms with Gasteiger partial charge in [0.25, 0.3) is 0 Å². The van der Waals surface area contributed by atoms with Gasteiger partial charge in [-0.15, -0.1) is 0 Å². The zero-order valence-corrected chi connectivity index (χ0v) is 12.8. The lowest BCUT2D eigenvalue weighted by molar-refractivity contribution is 0.125. The van der Waals surface area contributed by atoms with Gasteiger partial charge in [0.15, 0.2) is 0 Å². The van der Waals surface area contributed by atoms with Crippen LogP contribution in [-0.4, -0.2) is 25.7 Å². The lowest BCUT2D eigenvalue weighted by Gasteiger charge is -2.38. The van der Waals surface area contributed by atoms with E-state index in [9.17, 15) is 17.9 Å². The van der Waals surface area contributed by atoms with E-state index in [4.69, 9.17) is 5.73 Å². The third-order valence-electron chi connectivity index (χ3n) is 4.13. The number of aliphatic hydroxyl groups is 1. The maximum atomic E-state index is 13.8. The average molecular weight is 316 g/mol. The largest absolute Gasteiger partial charge is 0.399 e. The molecule has 1 aliphatic rings. The van der Waals surface area contributed by atoms with Crippen molar-refractivity contribution in [3.63, 3.8) is 0 Å². The van der Waals surface area contributed by atoms with Crippen molar-refractivity contribution in [3.8, 4) is 0 Å². The number of halogens is 1. The molecule has 0 unspecified atom stereocenters. The predicted molar refractivity (Wildman–Crippen MR) is 78.6 cm³/mol. The molecule has 0 radical (unpaired) electrons. The predicted octanol–water partition coefficient (Wildman–Crippen LogP) is 1.63. The number of anilines is 1. The maximum absolute atomic E-state index is 13.8. The van der Waals surface area contributed by atoms with E-state index in [0.29, 0.717) is 18.8 Å². The fourth-order valence-corrected chi connectivity index (χ4v) is 4.19. The summed E-state index contributed by atoms with van der Waals surface area (Å²) in [4.78, 5) is -0.442. The molecule has 0 aliphatic heterocycles. The summed E-state index contributed by atoms with van der Waals surface area (Å²) < 4.78 is 41.1. The molecule has 21 heavy (non-hydrogen) atoms. The number of rotatable bonds is 4. The summed E-state index contributed by atoms with van der Waals surface area (Å²) in [6.07, 6.45) is 2.74. The van der Waals surface area contributed by atoms with E-state index in [2.05, 4.69) is 11.6 Å². The van der Waals surface area contributed by atoms with Crippen LogP contribution in [0.25, 0.3) is 0 Å². The van der Waals surface area contributed by atoms with Gasteiger partial charge in [-0.3, -0.25) is 0 Å². The lowest BCUT2D eigenvalue weighted by Crippen LogP contribution is -2.53. The quantitative estimate of drug-likeness (QED) is 0.736. The Labute approximate surface area is 124 Å². The molecule has 1 fully saturated rings. The third kappa shape index (κ3) is 3.53. The fraction of sp³-hybridized carbons (Fsp3) is 0.571. The van der Waals surface area contributed by atoms with Crippen molar-refractivity contribution >= 4 is 15.7 Å². The van der Waals surface area contributed by atoms with Gasteiger partial charge < -0.3 is 10.8 Å². The molecule has 118 valence electrons. The van der Waals surface area contributed by atoms with Crippen LogP contribution in [0.1, 0.15) is 32.6 Å². The summed E-state index contributed by atoms with van der Waals surface area (Å²) in [6, 6.07) is 3.46. The smallest absolute Gasteiger partial charge is 0.244 e. The van der Waals surface area contributed by atoms with Gasteiger partial charge in [-0.25, -0.2) is 17.5 Å². The molecule has 0 bridgehead atoms. The van der Waals surface area contributed by atoms with Crippen molar-refractivity contribution in [3.05, 3.63) is 24.0 Å². The van der Waals surface area contributed by atoms with Crippen molar-refractivity contribution < 1.29 is 17.9 Å². The van der Waals surface area contributed by atoms with E-state index in [1.54, 1.807) is 0 Å². The van der Waals surface area contributed by atoms with Gasteiger partial charge in [0, 0.05) is 5.69 Å². The van der Waals surface area contributed by atoms with Crippen LogP contribution in [0.3, 0.4) is 0 Å². The van der Waals surface area contributed by atoms with Crippen LogP contribution in [-0.2, 0) is 10.0 Å². The first kappa shape index (κ1) is 16.2. The fourth-order valence-electron chi connectivity index (χ4n) is 2.68. The highest BCUT2D eigenvalue weighted by atomic mass is 32.2. The topological polar surface area (TPSA) is 92.4 Å². The minimum absolute atomic E-state index is 0.162. The monoisotopic (exact) mass is 316 g/mol. The number of nitrogens with one attached hydrogen (secondary N) is 1. The van der Waals surface area contributed by atoms with E-state index in [1.807, 2.05) is 0 Å². The summed E-state index contributed by atoms with van der Waals surface area (Å²) in [5, 5.41) is 9.61. The van der Waals surface area contributed by atoms with Crippen molar-refractivity contribution in [1.82, 2.24) is 4.72 Å². The Balaban J connectivity index is 2.27. The van der Waals surface area contributed by atoms with Crippen LogP contribution in [0.15, 0.2) is 23.1 Å². The summed E-state index contributed by atoms with van der Waals surface area (Å²) in [7, 11) is -4.04. The zero-order chi connectivity index (χ0) is 15.7. The van der Waals surface area contributed by atoms with Gasteiger partial charge in [-0.05, 0) is 49.8 Å². The van der Waals surface area contributed by atoms with Crippen molar-refractivity contribution in [2.24, 2.45) is 5.92 Å². The van der Waals surface area contributed by atoms with Crippen molar-refractivity contribution in [1.29, 1.82) is 0 Å². The van der Waals surface area contributed by atoms with E-state index >= 15 is 0 Å². The lowest BCUT2D eigenvalue weighted by atomic mass is 9.78. The minimum Gasteiger partial charge on any atom is -0.399 e. The molecule has 1 aromatic rings. The molecule has 1 saturated carbocycles. The Morgan fingerprint density at radius 3 is 2.57 bits per heavy atom. The van der Waals surface area contributed by atoms with Gasteiger partial charge in [-0.2, -0.15) is 0 Å². The molecular weight excluding hydrogens is 295 g/mol. The first-order valence-electron chi connectivity index (χ1n) is 6.98. The first-order valence-corrected chi connectivity index (χ1v) is 8.46. The number of benzene rings is 1. The van der Waals surface area contributed by atoms with E-state index < -0.39 is 26.3 Å². The van der Waals surface area contributed by atoms with Crippen molar-refractivity contribution in [2.75, 3.05) is 12.3 Å². The van der Waals surface area contributed by atoms with Crippen LogP contribution in [0.5, 0.6) is 0 Å². The number of nitrogen functional groups attached to an aromatic ring is 1. The minimum atomic E-state index is -4.04. The molecule has 0 heterocycles. The Hall–Kier alpha value is -1.18. The molecule has 1 aromatic carbocycles. The Kier molecular flexibility index (Phi) is 4.55. The normalized spacial score (nSPS) is 26.7. The summed E-state index contributed by atoms with van der Waals surface area (Å²) in [6.45, 7) is 1.80. The summed E-state index contributed by atoms with van der Waals surface area (Å²) in [5.41, 5.74) is 4.69. The molecule has 7 heteroatoms. The van der Waals surface area contributed by atoms with Crippen LogP contribution < -0.4 is 10.5 Å². The van der Waals surface area contributed by atoms with Gasteiger partial charge in [-0.1, -0.05) is 6.92 Å². The molecule has 0 spiro atoms. The van der Waals surface area contributed by atoms with Crippen molar-refractivity contribution in [2.45, 2.75) is 43.0 Å². The van der Waals surface area contributed by atoms with Gasteiger partial charge >= 0.3 is 0 Å². The molecule has 0 amide bonds. The number of aliphatic hydroxyl groups excluding tert-OH is 1. The Morgan fingerprint density at radius 2 is 2.05 bits per heavy atom. The van der Waals surface area contributed by atoms with E-state index in [0.717, 1.165) is 25.0 Å². The second-order valence-electron chi connectivity index (χ2n) is 5.92. The average Bonchev–Trinajstić information content (AvgIpc) is 2.41. The Bertz CT molecular complexity index is 611. The molecule has 0 atom stereocenters. The van der Waals surface area contributed by atoms with Gasteiger partial charge in [0.1, 0.15) is 10.7 Å². The van der Waals surface area contributed by atoms with E-state index in [1.165, 1.54) is 6.07 Å². The highest BCUT2D eigenvalue weighted by Crippen LogP contribution is 2.33. The number of hydrogen-bond donors (Lipinski definition) is 3. The zero-order valence-electron chi connectivity index (χ0n) is 12.0. The Morgan fingerprint density at radius 1 is 1.43 bits per heavy atom. The molecular formula is C14H21FN2O3S. The van der Waals surface area contributed by atoms with Crippen LogP contribution >= 0.6 is 0 Å². The van der Waals surface area contributed by atoms with Gasteiger partial charge in [0.2, 0.25) is 10.0 Å². The molecule has 0 aromatic heterocycles. The van der Waals surface area contributed by atoms with Crippen LogP contribution in [0, 0.1) is 11.7 Å². The molecule has 4 N–H and O–H groups in total. The summed E-state index contributed by atoms with van der Waals surface area (Å²) in [5.74, 6) is -0.387. The second-order valence-corrected chi connectivity index (χ2v) is 7.57. The highest BCUT2D eigenvalue weighted by molar-refractivity contribution is 7.89. The maximum Gasteiger partial charge on any atom is 0.244 e. The SMILES string of the molecule is CC1CCC(CO)(NS(=O)(=O)c2ccc(N)cc2F)CC1. The van der Waals surface area contributed by atoms with E-state index in [-0.39, 0.29) is 12.3 Å². The molecule has 0 saturated heterocycles. The van der Waals surface area contributed by atoms with Crippen LogP contribution in [0.2, 0.25) is 0 Å². The second kappa shape index (κ2) is 5.90. The molecule has 5 nitrogen and oxygen atoms in total. The third-order valence-corrected chi connectivity index (χ3v) is 5.74. The van der Waals surface area contributed by atoms with Gasteiger partial charge in [0.05, 0.1) is 12.1 Å². The first-order chi connectivity index (χ1) is 9.78. The highest BCUT2D eigenvalue weighted by Gasteiger charge is 2.38. The summed E-state index contributed by atoms with van der Waals surface area (Å²) >= 11 is 0. The standard InChI is InChI=1S/C14H21FN2O3S/c1-10-4-6-14(9-18,7-5-10)17-21(19,20)13-3-2-11(16)8-12(13)15/h2-3,8,10,17-18H,4-7,9,16H2,1H3. The van der Waals surface area contributed by atoms with Crippen LogP contribution in [0.4, 0.5) is 10.1 Å². The molecule has 1 aliphatic carbocycles.